The largest absolute Gasteiger partial charge is 0.460 e. The first-order chi connectivity index (χ1) is 7.74. The highest BCUT2D eigenvalue weighted by Crippen LogP contribution is 2.08. The molecule has 1 aromatic carbocycles. The monoisotopic (exact) mass is 218 g/mol. The first kappa shape index (κ1) is 10.4. The predicted octanol–water partition coefficient (Wildman–Crippen LogP) is 3.17. The zero-order valence-electron chi connectivity index (χ0n) is 8.77. The van der Waals surface area contributed by atoms with Crippen LogP contribution in [-0.4, -0.2) is 6.21 Å². The molecule has 3 nitrogen and oxygen atoms in total. The van der Waals surface area contributed by atoms with Crippen molar-refractivity contribution in [2.45, 2.75) is 6.92 Å². The fraction of sp³-hybridized carbons (Fsp3) is 0.0833. The third-order valence-electron chi connectivity index (χ3n) is 1.99. The average molecular weight is 218 g/mol. The molecule has 0 aliphatic heterocycles. The molecule has 1 aromatic heterocycles. The Morgan fingerprint density at radius 1 is 1.19 bits per heavy atom. The van der Waals surface area contributed by atoms with Gasteiger partial charge in [0.2, 0.25) is 0 Å². The van der Waals surface area contributed by atoms with Crippen LogP contribution in [-0.2, 0) is 0 Å². The van der Waals surface area contributed by atoms with Gasteiger partial charge in [-0.1, -0.05) is 0 Å². The van der Waals surface area contributed by atoms with Gasteiger partial charge in [-0.25, -0.2) is 4.39 Å². The Balaban J connectivity index is 1.97. The summed E-state index contributed by atoms with van der Waals surface area (Å²) in [6.07, 6.45) is 1.57. The first-order valence-electron chi connectivity index (χ1n) is 4.85. The van der Waals surface area contributed by atoms with Crippen molar-refractivity contribution in [2.75, 3.05) is 5.43 Å². The van der Waals surface area contributed by atoms with Gasteiger partial charge in [0.15, 0.2) is 0 Å². The lowest BCUT2D eigenvalue weighted by Crippen LogP contribution is -1.89. The molecule has 4 heteroatoms. The van der Waals surface area contributed by atoms with E-state index < -0.39 is 0 Å². The highest BCUT2D eigenvalue weighted by Gasteiger charge is 1.93. The zero-order chi connectivity index (χ0) is 11.4. The van der Waals surface area contributed by atoms with E-state index in [9.17, 15) is 4.39 Å². The Kier molecular flexibility index (Phi) is 3.00. The van der Waals surface area contributed by atoms with Crippen molar-refractivity contribution in [3.63, 3.8) is 0 Å². The number of hydrogen-bond donors (Lipinski definition) is 1. The number of hydrazone groups is 1. The maximum absolute atomic E-state index is 12.6. The molecule has 0 atom stereocenters. The summed E-state index contributed by atoms with van der Waals surface area (Å²) in [6.45, 7) is 1.87. The van der Waals surface area contributed by atoms with E-state index in [0.717, 1.165) is 11.4 Å². The van der Waals surface area contributed by atoms with E-state index in [1.54, 1.807) is 18.3 Å². The molecular formula is C12H11FN2O. The molecule has 0 radical (unpaired) electrons. The maximum atomic E-state index is 12.6. The second kappa shape index (κ2) is 4.61. The van der Waals surface area contributed by atoms with Crippen molar-refractivity contribution in [2.24, 2.45) is 5.10 Å². The van der Waals surface area contributed by atoms with Crippen LogP contribution in [0.4, 0.5) is 10.1 Å². The quantitative estimate of drug-likeness (QED) is 0.634. The van der Waals surface area contributed by atoms with Crippen LogP contribution in [0, 0.1) is 12.7 Å². The van der Waals surface area contributed by atoms with E-state index in [1.165, 1.54) is 12.1 Å². The second-order valence-electron chi connectivity index (χ2n) is 3.33. The van der Waals surface area contributed by atoms with Crippen LogP contribution in [0.2, 0.25) is 0 Å². The topological polar surface area (TPSA) is 37.5 Å². The fourth-order valence-electron chi connectivity index (χ4n) is 1.22. The Morgan fingerprint density at radius 2 is 1.94 bits per heavy atom. The summed E-state index contributed by atoms with van der Waals surface area (Å²) in [4.78, 5) is 0. The lowest BCUT2D eigenvalue weighted by Gasteiger charge is -1.97. The molecule has 0 saturated heterocycles. The van der Waals surface area contributed by atoms with Gasteiger partial charge < -0.3 is 4.42 Å². The summed E-state index contributed by atoms with van der Waals surface area (Å²) in [6, 6.07) is 9.65. The summed E-state index contributed by atoms with van der Waals surface area (Å²) in [5.41, 5.74) is 3.50. The van der Waals surface area contributed by atoms with Crippen molar-refractivity contribution >= 4 is 11.9 Å². The van der Waals surface area contributed by atoms with E-state index in [-0.39, 0.29) is 5.82 Å². The molecule has 1 heterocycles. The highest BCUT2D eigenvalue weighted by molar-refractivity contribution is 5.76. The first-order valence-corrected chi connectivity index (χ1v) is 4.85. The van der Waals surface area contributed by atoms with Crippen LogP contribution < -0.4 is 5.43 Å². The van der Waals surface area contributed by atoms with Crippen LogP contribution in [0.5, 0.6) is 0 Å². The van der Waals surface area contributed by atoms with E-state index in [1.807, 2.05) is 19.1 Å². The molecule has 82 valence electrons. The van der Waals surface area contributed by atoms with Gasteiger partial charge in [-0.05, 0) is 43.3 Å². The van der Waals surface area contributed by atoms with Crippen LogP contribution in [0.15, 0.2) is 45.9 Å². The van der Waals surface area contributed by atoms with E-state index in [2.05, 4.69) is 10.5 Å². The summed E-state index contributed by atoms with van der Waals surface area (Å²) in [5, 5.41) is 3.96. The number of furan rings is 1. The predicted molar refractivity (Wildman–Crippen MR) is 61.1 cm³/mol. The fourth-order valence-corrected chi connectivity index (χ4v) is 1.22. The van der Waals surface area contributed by atoms with Crippen LogP contribution >= 0.6 is 0 Å². The van der Waals surface area contributed by atoms with Crippen molar-refractivity contribution in [3.8, 4) is 0 Å². The third kappa shape index (κ3) is 2.70. The van der Waals surface area contributed by atoms with Gasteiger partial charge in [0.25, 0.3) is 0 Å². The Labute approximate surface area is 92.6 Å². The van der Waals surface area contributed by atoms with Gasteiger partial charge in [-0.2, -0.15) is 5.10 Å². The number of hydrogen-bond acceptors (Lipinski definition) is 3. The number of anilines is 1. The molecule has 0 bridgehead atoms. The number of halogens is 1. The SMILES string of the molecule is Cc1ccc(/C=N\Nc2ccc(F)cc2)o1. The Bertz CT molecular complexity index is 488. The normalized spacial score (nSPS) is 10.9. The smallest absolute Gasteiger partial charge is 0.147 e. The third-order valence-corrected chi connectivity index (χ3v) is 1.99. The number of nitrogens with one attached hydrogen (secondary N) is 1. The molecule has 0 spiro atoms. The minimum atomic E-state index is -0.267. The van der Waals surface area contributed by atoms with Gasteiger partial charge >= 0.3 is 0 Å². The molecule has 1 N–H and O–H groups in total. The summed E-state index contributed by atoms with van der Waals surface area (Å²) < 4.78 is 17.9. The van der Waals surface area contributed by atoms with Gasteiger partial charge in [0, 0.05) is 0 Å². The highest BCUT2D eigenvalue weighted by atomic mass is 19.1. The average Bonchev–Trinajstić information content (AvgIpc) is 2.67. The standard InChI is InChI=1S/C12H11FN2O/c1-9-2-7-12(16-9)8-14-15-11-5-3-10(13)4-6-11/h2-8,15H,1H3/b14-8-. The zero-order valence-corrected chi connectivity index (χ0v) is 8.77. The molecular weight excluding hydrogens is 207 g/mol. The number of nitrogens with zero attached hydrogens (tertiary/aromatic N) is 1. The van der Waals surface area contributed by atoms with Crippen molar-refractivity contribution in [3.05, 3.63) is 53.7 Å². The van der Waals surface area contributed by atoms with Gasteiger partial charge in [-0.15, -0.1) is 0 Å². The molecule has 0 aliphatic carbocycles. The van der Waals surface area contributed by atoms with E-state index in [4.69, 9.17) is 4.42 Å². The molecule has 0 fully saturated rings. The molecule has 2 rings (SSSR count). The summed E-state index contributed by atoms with van der Waals surface area (Å²) in [7, 11) is 0. The van der Waals surface area contributed by atoms with Gasteiger partial charge in [-0.3, -0.25) is 5.43 Å². The van der Waals surface area contributed by atoms with Gasteiger partial charge in [0.05, 0.1) is 11.9 Å². The Hall–Kier alpha value is -2.10. The number of aryl methyl sites for hydroxylation is 1. The molecule has 0 saturated carbocycles. The van der Waals surface area contributed by atoms with Gasteiger partial charge in [0.1, 0.15) is 17.3 Å². The Morgan fingerprint density at radius 3 is 2.56 bits per heavy atom. The molecule has 0 aliphatic rings. The minimum Gasteiger partial charge on any atom is -0.460 e. The van der Waals surface area contributed by atoms with Crippen molar-refractivity contribution < 1.29 is 8.81 Å². The molecule has 0 unspecified atom stereocenters. The van der Waals surface area contributed by atoms with E-state index >= 15 is 0 Å². The molecule has 0 amide bonds. The molecule has 2 aromatic rings. The van der Waals surface area contributed by atoms with Crippen LogP contribution in [0.1, 0.15) is 11.5 Å². The van der Waals surface area contributed by atoms with Crippen LogP contribution in [0.25, 0.3) is 0 Å². The maximum Gasteiger partial charge on any atom is 0.147 e. The van der Waals surface area contributed by atoms with E-state index in [0.29, 0.717) is 5.76 Å². The summed E-state index contributed by atoms with van der Waals surface area (Å²) in [5.74, 6) is 1.24. The van der Waals surface area contributed by atoms with Crippen molar-refractivity contribution in [1.82, 2.24) is 0 Å². The van der Waals surface area contributed by atoms with Crippen LogP contribution in [0.3, 0.4) is 0 Å². The number of benzene rings is 1. The number of rotatable bonds is 3. The second-order valence-corrected chi connectivity index (χ2v) is 3.33. The minimum absolute atomic E-state index is 0.267. The lowest BCUT2D eigenvalue weighted by molar-refractivity contribution is 0.528. The lowest BCUT2D eigenvalue weighted by atomic mass is 10.3. The molecule has 16 heavy (non-hydrogen) atoms. The summed E-state index contributed by atoms with van der Waals surface area (Å²) >= 11 is 0. The van der Waals surface area contributed by atoms with Crippen molar-refractivity contribution in [1.29, 1.82) is 0 Å².